The highest BCUT2D eigenvalue weighted by atomic mass is 19.4. The topological polar surface area (TPSA) is 64.1 Å². The van der Waals surface area contributed by atoms with Gasteiger partial charge in [0.2, 0.25) is 6.79 Å². The van der Waals surface area contributed by atoms with Crippen molar-refractivity contribution in [2.75, 3.05) is 39.6 Å². The lowest BCUT2D eigenvalue weighted by Gasteiger charge is -2.12. The van der Waals surface area contributed by atoms with Gasteiger partial charge < -0.3 is 24.8 Å². The number of alkyl halides is 3. The van der Waals surface area contributed by atoms with Crippen molar-refractivity contribution in [3.63, 3.8) is 0 Å². The van der Waals surface area contributed by atoms with Crippen LogP contribution in [-0.2, 0) is 11.2 Å². The fourth-order valence-electron chi connectivity index (χ4n) is 2.31. The van der Waals surface area contributed by atoms with Crippen LogP contribution in [0.1, 0.15) is 18.9 Å². The van der Waals surface area contributed by atoms with Crippen molar-refractivity contribution in [2.45, 2.75) is 25.9 Å². The third-order valence-corrected chi connectivity index (χ3v) is 3.47. The second-order valence-electron chi connectivity index (χ2n) is 5.65. The Labute approximate surface area is 150 Å². The van der Waals surface area contributed by atoms with Crippen LogP contribution in [0.15, 0.2) is 23.2 Å². The minimum Gasteiger partial charge on any atom is -0.454 e. The van der Waals surface area contributed by atoms with Gasteiger partial charge in [0.05, 0.1) is 0 Å². The predicted molar refractivity (Wildman–Crippen MR) is 91.7 cm³/mol. The Bertz CT molecular complexity index is 594. The van der Waals surface area contributed by atoms with Gasteiger partial charge in [-0.1, -0.05) is 6.07 Å². The summed E-state index contributed by atoms with van der Waals surface area (Å²) in [6.45, 7) is 2.75. The van der Waals surface area contributed by atoms with Crippen LogP contribution in [0.4, 0.5) is 13.2 Å². The van der Waals surface area contributed by atoms with E-state index in [1.165, 1.54) is 0 Å². The Morgan fingerprint density at radius 2 is 2.04 bits per heavy atom. The fourth-order valence-corrected chi connectivity index (χ4v) is 2.31. The zero-order valence-electron chi connectivity index (χ0n) is 14.7. The van der Waals surface area contributed by atoms with Gasteiger partial charge in [-0.05, 0) is 37.5 Å². The van der Waals surface area contributed by atoms with Gasteiger partial charge in [0.1, 0.15) is 6.61 Å². The first-order chi connectivity index (χ1) is 12.5. The van der Waals surface area contributed by atoms with Crippen LogP contribution in [0.2, 0.25) is 0 Å². The number of nitrogens with zero attached hydrogens (tertiary/aromatic N) is 1. The van der Waals surface area contributed by atoms with Gasteiger partial charge in [-0.2, -0.15) is 13.2 Å². The van der Waals surface area contributed by atoms with Crippen molar-refractivity contribution >= 4 is 5.96 Å². The number of guanidine groups is 1. The van der Waals surface area contributed by atoms with Gasteiger partial charge in [0, 0.05) is 26.2 Å². The Balaban J connectivity index is 1.68. The number of aliphatic imine (C=N–C) groups is 1. The van der Waals surface area contributed by atoms with Crippen molar-refractivity contribution in [2.24, 2.45) is 4.99 Å². The number of rotatable bonds is 9. The smallest absolute Gasteiger partial charge is 0.411 e. The van der Waals surface area contributed by atoms with Gasteiger partial charge in [0.25, 0.3) is 0 Å². The summed E-state index contributed by atoms with van der Waals surface area (Å²) in [6, 6.07) is 5.82. The highest BCUT2D eigenvalue weighted by molar-refractivity contribution is 5.79. The van der Waals surface area contributed by atoms with Crippen LogP contribution in [0.3, 0.4) is 0 Å². The van der Waals surface area contributed by atoms with Crippen molar-refractivity contribution in [3.05, 3.63) is 23.8 Å². The number of ether oxygens (including phenoxy) is 3. The summed E-state index contributed by atoms with van der Waals surface area (Å²) in [7, 11) is 0. The molecule has 0 fully saturated rings. The normalized spacial score (nSPS) is 13.8. The second-order valence-corrected chi connectivity index (χ2v) is 5.65. The maximum absolute atomic E-state index is 12.0. The van der Waals surface area contributed by atoms with E-state index in [4.69, 9.17) is 9.47 Å². The number of hydrogen-bond acceptors (Lipinski definition) is 4. The first-order valence-electron chi connectivity index (χ1n) is 8.53. The lowest BCUT2D eigenvalue weighted by Crippen LogP contribution is -2.38. The molecule has 1 aliphatic heterocycles. The number of hydrogen-bond donors (Lipinski definition) is 2. The minimum atomic E-state index is -4.28. The molecule has 0 aromatic heterocycles. The molecule has 0 spiro atoms. The van der Waals surface area contributed by atoms with Gasteiger partial charge in [-0.15, -0.1) is 0 Å². The highest BCUT2D eigenvalue weighted by Crippen LogP contribution is 2.32. The lowest BCUT2D eigenvalue weighted by molar-refractivity contribution is -0.173. The Morgan fingerprint density at radius 1 is 1.23 bits per heavy atom. The van der Waals surface area contributed by atoms with Crippen LogP contribution < -0.4 is 20.1 Å². The molecule has 1 heterocycles. The van der Waals surface area contributed by atoms with Crippen molar-refractivity contribution < 1.29 is 27.4 Å². The molecule has 26 heavy (non-hydrogen) atoms. The van der Waals surface area contributed by atoms with Crippen molar-refractivity contribution in [1.82, 2.24) is 10.6 Å². The molecule has 0 bridgehead atoms. The zero-order valence-corrected chi connectivity index (χ0v) is 14.7. The first kappa shape index (κ1) is 20.2. The van der Waals surface area contributed by atoms with Crippen LogP contribution in [-0.4, -0.2) is 51.8 Å². The predicted octanol–water partition coefficient (Wildman–Crippen LogP) is 2.48. The summed E-state index contributed by atoms with van der Waals surface area (Å²) in [5.41, 5.74) is 1.11. The van der Waals surface area contributed by atoms with Gasteiger partial charge in [-0.3, -0.25) is 4.99 Å². The summed E-state index contributed by atoms with van der Waals surface area (Å²) < 4.78 is 51.1. The van der Waals surface area contributed by atoms with E-state index in [-0.39, 0.29) is 13.4 Å². The molecule has 0 saturated heterocycles. The average Bonchev–Trinajstić information content (AvgIpc) is 3.04. The van der Waals surface area contributed by atoms with E-state index in [0.29, 0.717) is 32.0 Å². The molecule has 1 aromatic carbocycles. The summed E-state index contributed by atoms with van der Waals surface area (Å²) in [5, 5.41) is 6.30. The van der Waals surface area contributed by atoms with Crippen LogP contribution >= 0.6 is 0 Å². The Kier molecular flexibility index (Phi) is 7.83. The minimum absolute atomic E-state index is 0.0274. The number of fused-ring (bicyclic) bond motifs is 1. The standard InChI is InChI=1S/C17H24F3N3O3/c1-2-21-16(22-7-3-9-24-11-17(18,19)20)23-8-6-13-4-5-14-15(10-13)26-12-25-14/h4-5,10H,2-3,6-9,11-12H2,1H3,(H2,21,22,23). The van der Waals surface area contributed by atoms with Crippen molar-refractivity contribution in [1.29, 1.82) is 0 Å². The molecule has 2 rings (SSSR count). The molecule has 146 valence electrons. The van der Waals surface area contributed by atoms with E-state index in [0.717, 1.165) is 23.5 Å². The SMILES string of the molecule is CCNC(=NCCCOCC(F)(F)F)NCCc1ccc2c(c1)OCO2. The first-order valence-corrected chi connectivity index (χ1v) is 8.53. The van der Waals surface area contributed by atoms with E-state index in [2.05, 4.69) is 20.4 Å². The zero-order chi connectivity index (χ0) is 18.8. The Morgan fingerprint density at radius 3 is 2.81 bits per heavy atom. The Hall–Kier alpha value is -2.16. The van der Waals surface area contributed by atoms with E-state index in [9.17, 15) is 13.2 Å². The van der Waals surface area contributed by atoms with Gasteiger partial charge in [0.15, 0.2) is 17.5 Å². The third-order valence-electron chi connectivity index (χ3n) is 3.47. The fraction of sp³-hybridized carbons (Fsp3) is 0.588. The van der Waals surface area contributed by atoms with Crippen LogP contribution in [0.5, 0.6) is 11.5 Å². The maximum Gasteiger partial charge on any atom is 0.411 e. The molecule has 0 radical (unpaired) electrons. The molecule has 0 saturated carbocycles. The molecule has 1 aromatic rings. The maximum atomic E-state index is 12.0. The molecule has 9 heteroatoms. The van der Waals surface area contributed by atoms with Crippen LogP contribution in [0, 0.1) is 0 Å². The molecular weight excluding hydrogens is 351 g/mol. The highest BCUT2D eigenvalue weighted by Gasteiger charge is 2.27. The van der Waals surface area contributed by atoms with E-state index in [1.54, 1.807) is 0 Å². The summed E-state index contributed by atoms with van der Waals surface area (Å²) in [6.07, 6.45) is -3.08. The third kappa shape index (κ3) is 7.38. The monoisotopic (exact) mass is 375 g/mol. The summed E-state index contributed by atoms with van der Waals surface area (Å²) in [5.74, 6) is 2.13. The molecule has 6 nitrogen and oxygen atoms in total. The van der Waals surface area contributed by atoms with Crippen molar-refractivity contribution in [3.8, 4) is 11.5 Å². The average molecular weight is 375 g/mol. The largest absolute Gasteiger partial charge is 0.454 e. The molecule has 2 N–H and O–H groups in total. The van der Waals surface area contributed by atoms with E-state index >= 15 is 0 Å². The lowest BCUT2D eigenvalue weighted by atomic mass is 10.1. The van der Waals surface area contributed by atoms with Gasteiger partial charge in [-0.25, -0.2) is 0 Å². The number of halogens is 3. The molecule has 0 aliphatic carbocycles. The molecule has 0 atom stereocenters. The van der Waals surface area contributed by atoms with Gasteiger partial charge >= 0.3 is 6.18 Å². The second kappa shape index (κ2) is 10.1. The molecule has 0 unspecified atom stereocenters. The van der Waals surface area contributed by atoms with Crippen LogP contribution in [0.25, 0.3) is 0 Å². The summed E-state index contributed by atoms with van der Waals surface area (Å²) in [4.78, 5) is 4.32. The quantitative estimate of drug-likeness (QED) is 0.394. The molecule has 1 aliphatic rings. The summed E-state index contributed by atoms with van der Waals surface area (Å²) >= 11 is 0. The van der Waals surface area contributed by atoms with E-state index in [1.807, 2.05) is 25.1 Å². The number of benzene rings is 1. The molecule has 0 amide bonds. The number of nitrogens with one attached hydrogen (secondary N) is 2. The molecular formula is C17H24F3N3O3. The van der Waals surface area contributed by atoms with E-state index < -0.39 is 12.8 Å².